The Kier molecular flexibility index (Phi) is 3.64. The van der Waals surface area contributed by atoms with Crippen LogP contribution in [0.1, 0.15) is 0 Å². The monoisotopic (exact) mass is 121 g/mol. The molecule has 0 aliphatic carbocycles. The Balaban J connectivity index is 2.97. The van der Waals surface area contributed by atoms with Gasteiger partial charge in [-0.25, -0.2) is 0 Å². The van der Waals surface area contributed by atoms with Crippen molar-refractivity contribution in [3.05, 3.63) is 12.8 Å². The van der Waals surface area contributed by atoms with Crippen molar-refractivity contribution in [1.29, 1.82) is 0 Å². The lowest BCUT2D eigenvalue weighted by Crippen LogP contribution is -1.94. The van der Waals surface area contributed by atoms with Crippen LogP contribution >= 0.6 is 0 Å². The van der Waals surface area contributed by atoms with Gasteiger partial charge in [-0.3, -0.25) is 4.21 Å². The molecule has 0 aromatic rings. The summed E-state index contributed by atoms with van der Waals surface area (Å²) in [7, 11) is 0. The van der Waals surface area contributed by atoms with Crippen molar-refractivity contribution in [2.24, 2.45) is 0 Å². The molecule has 7 heavy (non-hydrogen) atoms. The molecule has 0 saturated heterocycles. The minimum Gasteiger partial charge on any atom is -0.770 e. The third-order valence-electron chi connectivity index (χ3n) is 0.282. The van der Waals surface area contributed by atoms with Gasteiger partial charge >= 0.3 is 0 Å². The molecule has 0 rings (SSSR count). The van der Waals surface area contributed by atoms with Crippen LogP contribution in [0.4, 0.5) is 0 Å². The van der Waals surface area contributed by atoms with E-state index in [1.54, 1.807) is 0 Å². The fraction of sp³-hybridized carbons (Fsp3) is 0.333. The van der Waals surface area contributed by atoms with Crippen LogP contribution in [0, 0.1) is 0 Å². The molecule has 1 atom stereocenters. The Morgan fingerprint density at radius 2 is 2.57 bits per heavy atom. The van der Waals surface area contributed by atoms with Gasteiger partial charge in [-0.1, -0.05) is 6.58 Å². The standard InChI is InChI=1S/C3H6O3S/c1-2-6-3-7(4)5/h2H,1,3H2,(H,4,5)/p-1. The van der Waals surface area contributed by atoms with Gasteiger partial charge in [-0.05, 0) is 11.1 Å². The fourth-order valence-corrected chi connectivity index (χ4v) is 0.311. The highest BCUT2D eigenvalue weighted by atomic mass is 32.2. The zero-order chi connectivity index (χ0) is 5.70. The van der Waals surface area contributed by atoms with Gasteiger partial charge in [0.05, 0.1) is 6.26 Å². The van der Waals surface area contributed by atoms with Gasteiger partial charge in [0.1, 0.15) is 5.94 Å². The molecule has 4 heteroatoms. The lowest BCUT2D eigenvalue weighted by Gasteiger charge is -2.00. The molecule has 42 valence electrons. The van der Waals surface area contributed by atoms with Crippen molar-refractivity contribution < 1.29 is 13.5 Å². The van der Waals surface area contributed by atoms with E-state index >= 15 is 0 Å². The number of hydrogen-bond donors (Lipinski definition) is 0. The van der Waals surface area contributed by atoms with Crippen molar-refractivity contribution in [2.75, 3.05) is 5.94 Å². The lowest BCUT2D eigenvalue weighted by molar-refractivity contribution is 0.302. The normalized spacial score (nSPS) is 12.7. The molecule has 0 spiro atoms. The van der Waals surface area contributed by atoms with E-state index in [1.165, 1.54) is 0 Å². The van der Waals surface area contributed by atoms with Crippen LogP contribution in [-0.4, -0.2) is 14.7 Å². The van der Waals surface area contributed by atoms with Crippen LogP contribution in [0.15, 0.2) is 12.8 Å². The summed E-state index contributed by atoms with van der Waals surface area (Å²) in [6.45, 7) is 3.14. The molecule has 0 heterocycles. The van der Waals surface area contributed by atoms with Crippen molar-refractivity contribution >= 4 is 11.1 Å². The van der Waals surface area contributed by atoms with Gasteiger partial charge in [0.2, 0.25) is 0 Å². The minimum absolute atomic E-state index is 0.302. The van der Waals surface area contributed by atoms with Crippen molar-refractivity contribution in [2.45, 2.75) is 0 Å². The average Bonchev–Trinajstić information content (AvgIpc) is 1.61. The molecule has 0 bridgehead atoms. The van der Waals surface area contributed by atoms with Gasteiger partial charge in [0, 0.05) is 0 Å². The highest BCUT2D eigenvalue weighted by Crippen LogP contribution is 1.75. The SMILES string of the molecule is C=COCS(=O)[O-]. The molecule has 0 fully saturated rings. The molecule has 0 aromatic carbocycles. The highest BCUT2D eigenvalue weighted by molar-refractivity contribution is 7.78. The minimum atomic E-state index is -2.11. The van der Waals surface area contributed by atoms with E-state index in [0.29, 0.717) is 0 Å². The lowest BCUT2D eigenvalue weighted by atomic mass is 11.2. The summed E-state index contributed by atoms with van der Waals surface area (Å²) in [6.07, 6.45) is 1.08. The molecule has 1 unspecified atom stereocenters. The number of hydrogen-bond acceptors (Lipinski definition) is 3. The Labute approximate surface area is 44.3 Å². The van der Waals surface area contributed by atoms with Gasteiger partial charge < -0.3 is 9.29 Å². The van der Waals surface area contributed by atoms with Crippen molar-refractivity contribution in [1.82, 2.24) is 0 Å². The summed E-state index contributed by atoms with van der Waals surface area (Å²) in [5.41, 5.74) is 0. The third kappa shape index (κ3) is 5.65. The smallest absolute Gasteiger partial charge is 0.149 e. The van der Waals surface area contributed by atoms with E-state index < -0.39 is 11.1 Å². The van der Waals surface area contributed by atoms with Gasteiger partial charge in [-0.2, -0.15) is 0 Å². The summed E-state index contributed by atoms with van der Waals surface area (Å²) >= 11 is -2.11. The van der Waals surface area contributed by atoms with E-state index in [1.807, 2.05) is 0 Å². The van der Waals surface area contributed by atoms with E-state index in [4.69, 9.17) is 0 Å². The Bertz CT molecular complexity index is 80.2. The number of rotatable bonds is 3. The van der Waals surface area contributed by atoms with Crippen LogP contribution in [0.2, 0.25) is 0 Å². The first kappa shape index (κ1) is 6.65. The summed E-state index contributed by atoms with van der Waals surface area (Å²) in [6, 6.07) is 0. The molecule has 0 aliphatic heterocycles. The predicted molar refractivity (Wildman–Crippen MR) is 25.1 cm³/mol. The first-order valence-corrected chi connectivity index (χ1v) is 2.80. The summed E-state index contributed by atoms with van der Waals surface area (Å²) < 4.78 is 23.4. The van der Waals surface area contributed by atoms with Crippen LogP contribution in [0.25, 0.3) is 0 Å². The van der Waals surface area contributed by atoms with Gasteiger partial charge in [-0.15, -0.1) is 0 Å². The van der Waals surface area contributed by atoms with Gasteiger partial charge in [0.15, 0.2) is 0 Å². The second kappa shape index (κ2) is 3.83. The second-order valence-corrected chi connectivity index (χ2v) is 1.60. The summed E-state index contributed by atoms with van der Waals surface area (Å²) in [5.74, 6) is -0.302. The van der Waals surface area contributed by atoms with Crippen molar-refractivity contribution in [3.8, 4) is 0 Å². The topological polar surface area (TPSA) is 49.4 Å². The van der Waals surface area contributed by atoms with Crippen LogP contribution in [0.3, 0.4) is 0 Å². The summed E-state index contributed by atoms with van der Waals surface area (Å²) in [5, 5.41) is 0. The maximum absolute atomic E-state index is 9.59. The molecule has 0 N–H and O–H groups in total. The van der Waals surface area contributed by atoms with E-state index in [-0.39, 0.29) is 5.94 Å². The molecular weight excluding hydrogens is 116 g/mol. The Morgan fingerprint density at radius 3 is 2.71 bits per heavy atom. The first-order valence-electron chi connectivity index (χ1n) is 1.55. The number of ether oxygens (including phenoxy) is 1. The highest BCUT2D eigenvalue weighted by Gasteiger charge is 1.73. The molecule has 0 amide bonds. The zero-order valence-electron chi connectivity index (χ0n) is 3.62. The molecule has 0 aromatic heterocycles. The molecule has 0 saturated carbocycles. The molecule has 3 nitrogen and oxygen atoms in total. The molecule has 0 aliphatic rings. The van der Waals surface area contributed by atoms with Crippen LogP contribution < -0.4 is 0 Å². The molecular formula is C3H5O3S-. The average molecular weight is 121 g/mol. The quantitative estimate of drug-likeness (QED) is 0.389. The Hall–Kier alpha value is -0.350. The summed E-state index contributed by atoms with van der Waals surface area (Å²) in [4.78, 5) is 0. The maximum atomic E-state index is 9.59. The first-order chi connectivity index (χ1) is 3.27. The van der Waals surface area contributed by atoms with E-state index in [0.717, 1.165) is 6.26 Å². The Morgan fingerprint density at radius 1 is 2.00 bits per heavy atom. The predicted octanol–water partition coefficient (Wildman–Crippen LogP) is -0.0169. The van der Waals surface area contributed by atoms with Crippen LogP contribution in [-0.2, 0) is 15.8 Å². The second-order valence-electron chi connectivity index (χ2n) is 0.755. The van der Waals surface area contributed by atoms with E-state index in [9.17, 15) is 8.76 Å². The van der Waals surface area contributed by atoms with Crippen molar-refractivity contribution in [3.63, 3.8) is 0 Å². The van der Waals surface area contributed by atoms with Crippen LogP contribution in [0.5, 0.6) is 0 Å². The largest absolute Gasteiger partial charge is 0.770 e. The zero-order valence-corrected chi connectivity index (χ0v) is 4.44. The maximum Gasteiger partial charge on any atom is 0.149 e. The van der Waals surface area contributed by atoms with Gasteiger partial charge in [0.25, 0.3) is 0 Å². The molecule has 0 radical (unpaired) electrons. The fourth-order valence-electron chi connectivity index (χ4n) is 0.104. The van der Waals surface area contributed by atoms with E-state index in [2.05, 4.69) is 11.3 Å². The third-order valence-corrected chi connectivity index (χ3v) is 0.611.